The van der Waals surface area contributed by atoms with Gasteiger partial charge in [0.05, 0.1) is 12.7 Å². The number of carbonyl (C=O) groups is 4. The normalized spacial score (nSPS) is 11.4. The van der Waals surface area contributed by atoms with Gasteiger partial charge >= 0.3 is 21.0 Å². The van der Waals surface area contributed by atoms with E-state index in [4.69, 9.17) is 0 Å². The number of hydrogen-bond acceptors (Lipinski definition) is 8. The molecule has 0 aromatic rings. The number of halogens is 3. The van der Waals surface area contributed by atoms with E-state index < -0.39 is 51.5 Å². The summed E-state index contributed by atoms with van der Waals surface area (Å²) in [6.07, 6.45) is -5.21. The van der Waals surface area contributed by atoms with Gasteiger partial charge in [0.15, 0.2) is 0 Å². The summed E-state index contributed by atoms with van der Waals surface area (Å²) in [6.45, 7) is 1.81. The van der Waals surface area contributed by atoms with Crippen LogP contribution >= 0.6 is 0 Å². The van der Waals surface area contributed by atoms with Gasteiger partial charge in [-0.15, -0.1) is 0 Å². The van der Waals surface area contributed by atoms with Gasteiger partial charge < -0.3 is 18.0 Å². The molecule has 0 N–H and O–H groups in total. The maximum atomic E-state index is 12.0. The molecule has 0 aromatic carbocycles. The zero-order valence-corrected chi connectivity index (χ0v) is 12.8. The molecule has 0 amide bonds. The minimum atomic E-state index is -5.21. The van der Waals surface area contributed by atoms with Gasteiger partial charge in [-0.05, 0) is 0 Å². The smallest absolute Gasteiger partial charge is 0.459 e. The van der Waals surface area contributed by atoms with Crippen LogP contribution in [0.25, 0.3) is 0 Å². The number of ether oxygens (including phenoxy) is 1. The molecule has 0 saturated heterocycles. The summed E-state index contributed by atoms with van der Waals surface area (Å²) in [6, 6.07) is -0.701. The zero-order chi connectivity index (χ0) is 17.6. The van der Waals surface area contributed by atoms with Gasteiger partial charge in [-0.2, -0.15) is 13.2 Å². The van der Waals surface area contributed by atoms with Gasteiger partial charge in [0, 0.05) is 20.8 Å². The number of carbonyl (C=O) groups excluding carboxylic acids is 4. The van der Waals surface area contributed by atoms with Crippen molar-refractivity contribution in [3.05, 3.63) is 0 Å². The van der Waals surface area contributed by atoms with E-state index in [0.717, 1.165) is 20.8 Å². The molecule has 0 heterocycles. The third kappa shape index (κ3) is 7.61. The molecule has 0 rings (SSSR count). The van der Waals surface area contributed by atoms with Gasteiger partial charge in [-0.1, -0.05) is 0 Å². The van der Waals surface area contributed by atoms with Crippen LogP contribution in [0.2, 0.25) is 6.04 Å². The van der Waals surface area contributed by atoms with Crippen molar-refractivity contribution in [2.45, 2.75) is 33.0 Å². The first-order valence-electron chi connectivity index (χ1n) is 5.70. The third-order valence-corrected chi connectivity index (χ3v) is 4.38. The van der Waals surface area contributed by atoms with Crippen LogP contribution in [0.5, 0.6) is 0 Å². The number of rotatable bonds is 6. The molecule has 0 aliphatic carbocycles. The van der Waals surface area contributed by atoms with Crippen molar-refractivity contribution in [3.63, 3.8) is 0 Å². The molecular formula is C10H13F3O8Si. The highest BCUT2D eigenvalue weighted by Gasteiger charge is 2.52. The molecule has 126 valence electrons. The Morgan fingerprint density at radius 2 is 1.23 bits per heavy atom. The predicted molar refractivity (Wildman–Crippen MR) is 62.9 cm³/mol. The van der Waals surface area contributed by atoms with Crippen molar-refractivity contribution in [1.29, 1.82) is 0 Å². The van der Waals surface area contributed by atoms with E-state index in [1.807, 2.05) is 0 Å². The molecule has 0 spiro atoms. The average Bonchev–Trinajstić information content (AvgIpc) is 2.23. The molecule has 0 aromatic heterocycles. The van der Waals surface area contributed by atoms with Crippen LogP contribution in [0.4, 0.5) is 13.2 Å². The van der Waals surface area contributed by atoms with Crippen molar-refractivity contribution in [1.82, 2.24) is 0 Å². The second kappa shape index (κ2) is 7.77. The Balaban J connectivity index is 5.03. The quantitative estimate of drug-likeness (QED) is 0.512. The van der Waals surface area contributed by atoms with Gasteiger partial charge in [0.2, 0.25) is 0 Å². The fraction of sp³-hybridized carbons (Fsp3) is 0.600. The molecule has 0 saturated carbocycles. The first kappa shape index (κ1) is 19.9. The topological polar surface area (TPSA) is 105 Å². The van der Waals surface area contributed by atoms with Crippen molar-refractivity contribution < 1.29 is 50.4 Å². The molecule has 8 nitrogen and oxygen atoms in total. The summed E-state index contributed by atoms with van der Waals surface area (Å²) in [7, 11) is -4.30. The standard InChI is InChI=1S/C10H13F3O8Si/c1-6(14)19-22(20-7(2)15,21-8(3)16)5-4-18-9(17)10(11,12)13/h4-5H2,1-3H3. The average molecular weight is 346 g/mol. The van der Waals surface area contributed by atoms with Gasteiger partial charge in [-0.3, -0.25) is 14.4 Å². The van der Waals surface area contributed by atoms with Crippen LogP contribution in [0, 0.1) is 0 Å². The van der Waals surface area contributed by atoms with Crippen molar-refractivity contribution in [3.8, 4) is 0 Å². The minimum Gasteiger partial charge on any atom is -0.459 e. The first-order chi connectivity index (χ1) is 9.88. The molecule has 0 radical (unpaired) electrons. The van der Waals surface area contributed by atoms with Crippen LogP contribution in [0.15, 0.2) is 0 Å². The van der Waals surface area contributed by atoms with Crippen molar-refractivity contribution in [2.75, 3.05) is 6.61 Å². The fourth-order valence-electron chi connectivity index (χ4n) is 1.22. The highest BCUT2D eigenvalue weighted by molar-refractivity contribution is 6.65. The largest absolute Gasteiger partial charge is 0.708 e. The Hall–Kier alpha value is -2.11. The molecule has 0 bridgehead atoms. The Morgan fingerprint density at radius 1 is 0.864 bits per heavy atom. The lowest BCUT2D eigenvalue weighted by Crippen LogP contribution is -2.50. The van der Waals surface area contributed by atoms with Gasteiger partial charge in [0.25, 0.3) is 17.9 Å². The SMILES string of the molecule is CC(=O)O[Si](CCOC(=O)C(F)(F)F)(OC(C)=O)OC(C)=O. The Bertz CT molecular complexity index is 421. The van der Waals surface area contributed by atoms with Crippen molar-refractivity contribution in [2.24, 2.45) is 0 Å². The molecule has 0 unspecified atom stereocenters. The van der Waals surface area contributed by atoms with E-state index >= 15 is 0 Å². The summed E-state index contributed by atoms with van der Waals surface area (Å²) < 4.78 is 53.8. The van der Waals surface area contributed by atoms with E-state index in [1.165, 1.54) is 0 Å². The van der Waals surface area contributed by atoms with Gasteiger partial charge in [-0.25, -0.2) is 4.79 Å². The zero-order valence-electron chi connectivity index (χ0n) is 11.8. The van der Waals surface area contributed by atoms with Crippen LogP contribution in [-0.4, -0.2) is 45.5 Å². The van der Waals surface area contributed by atoms with Crippen LogP contribution < -0.4 is 0 Å². The van der Waals surface area contributed by atoms with Crippen LogP contribution in [-0.2, 0) is 37.2 Å². The first-order valence-corrected chi connectivity index (χ1v) is 7.64. The van der Waals surface area contributed by atoms with E-state index in [9.17, 15) is 32.3 Å². The predicted octanol–water partition coefficient (Wildman–Crippen LogP) is 0.720. The Labute approximate surface area is 123 Å². The summed E-state index contributed by atoms with van der Waals surface area (Å²) in [4.78, 5) is 43.6. The van der Waals surface area contributed by atoms with E-state index in [2.05, 4.69) is 18.0 Å². The fourth-order valence-corrected chi connectivity index (χ4v) is 3.32. The second-order valence-corrected chi connectivity index (χ2v) is 6.33. The van der Waals surface area contributed by atoms with Gasteiger partial charge in [0.1, 0.15) is 0 Å². The Morgan fingerprint density at radius 3 is 1.50 bits per heavy atom. The monoisotopic (exact) mass is 346 g/mol. The maximum absolute atomic E-state index is 12.0. The molecule has 12 heteroatoms. The highest BCUT2D eigenvalue weighted by atomic mass is 28.4. The Kier molecular flexibility index (Phi) is 7.02. The van der Waals surface area contributed by atoms with Crippen LogP contribution in [0.1, 0.15) is 20.8 Å². The molecule has 22 heavy (non-hydrogen) atoms. The summed E-state index contributed by atoms with van der Waals surface area (Å²) in [5.41, 5.74) is 0. The summed E-state index contributed by atoms with van der Waals surface area (Å²) >= 11 is 0. The van der Waals surface area contributed by atoms with E-state index in [0.29, 0.717) is 0 Å². The maximum Gasteiger partial charge on any atom is 0.708 e. The van der Waals surface area contributed by atoms with Crippen molar-refractivity contribution >= 4 is 32.7 Å². The lowest BCUT2D eigenvalue weighted by molar-refractivity contribution is -0.199. The third-order valence-electron chi connectivity index (χ3n) is 1.77. The number of alkyl halides is 3. The van der Waals surface area contributed by atoms with E-state index in [1.54, 1.807) is 0 Å². The van der Waals surface area contributed by atoms with E-state index in [-0.39, 0.29) is 0 Å². The minimum absolute atomic E-state index is 0.701. The lowest BCUT2D eigenvalue weighted by atomic mass is 10.6. The number of hydrogen-bond donors (Lipinski definition) is 0. The molecule has 0 aliphatic rings. The molecular weight excluding hydrogens is 333 g/mol. The summed E-state index contributed by atoms with van der Waals surface area (Å²) in [5, 5.41) is 0. The summed E-state index contributed by atoms with van der Waals surface area (Å²) in [5.74, 6) is -5.45. The second-order valence-electron chi connectivity index (χ2n) is 3.85. The van der Waals surface area contributed by atoms with Crippen LogP contribution in [0.3, 0.4) is 0 Å². The molecule has 0 fully saturated rings. The molecule has 0 aliphatic heterocycles. The number of esters is 1. The molecule has 0 atom stereocenters. The lowest BCUT2D eigenvalue weighted by Gasteiger charge is -2.25. The highest BCUT2D eigenvalue weighted by Crippen LogP contribution is 2.20.